The van der Waals surface area contributed by atoms with Gasteiger partial charge in [-0.05, 0) is 48.9 Å². The van der Waals surface area contributed by atoms with E-state index in [1.54, 1.807) is 13.0 Å². The van der Waals surface area contributed by atoms with E-state index in [1.807, 2.05) is 48.5 Å². The quantitative estimate of drug-likeness (QED) is 0.557. The van der Waals surface area contributed by atoms with Crippen molar-refractivity contribution < 1.29 is 4.74 Å². The maximum absolute atomic E-state index is 12.1. The Morgan fingerprint density at radius 3 is 2.42 bits per heavy atom. The summed E-state index contributed by atoms with van der Waals surface area (Å²) in [5.41, 5.74) is 2.62. The summed E-state index contributed by atoms with van der Waals surface area (Å²) in [5.74, 6) is 0.609. The van der Waals surface area contributed by atoms with Gasteiger partial charge < -0.3 is 9.72 Å². The van der Waals surface area contributed by atoms with Crippen LogP contribution in [-0.4, -0.2) is 4.98 Å². The van der Waals surface area contributed by atoms with Crippen molar-refractivity contribution in [1.82, 2.24) is 4.98 Å². The number of aryl methyl sites for hydroxylation is 1. The summed E-state index contributed by atoms with van der Waals surface area (Å²) < 4.78 is 7.84. The van der Waals surface area contributed by atoms with Crippen LogP contribution in [0.3, 0.4) is 0 Å². The molecule has 1 aromatic heterocycles. The van der Waals surface area contributed by atoms with E-state index in [-0.39, 0.29) is 5.56 Å². The first-order valence-corrected chi connectivity index (χ1v) is 9.37. The lowest BCUT2D eigenvalue weighted by molar-refractivity contribution is 0.307. The topological polar surface area (TPSA) is 65.9 Å². The Kier molecular flexibility index (Phi) is 5.60. The molecule has 3 aromatic rings. The fourth-order valence-electron chi connectivity index (χ4n) is 2.59. The summed E-state index contributed by atoms with van der Waals surface area (Å²) in [6.45, 7) is 2.17. The van der Waals surface area contributed by atoms with E-state index in [0.29, 0.717) is 29.2 Å². The van der Waals surface area contributed by atoms with Gasteiger partial charge in [-0.1, -0.05) is 44.0 Å². The first kappa shape index (κ1) is 18.4. The van der Waals surface area contributed by atoms with Crippen LogP contribution >= 0.6 is 31.9 Å². The van der Waals surface area contributed by atoms with Gasteiger partial charge in [0.2, 0.25) is 0 Å². The molecule has 0 aliphatic carbocycles. The Hall–Kier alpha value is -2.36. The third kappa shape index (κ3) is 4.06. The van der Waals surface area contributed by atoms with E-state index in [1.165, 1.54) is 0 Å². The highest BCUT2D eigenvalue weighted by Crippen LogP contribution is 2.34. The van der Waals surface area contributed by atoms with Crippen LogP contribution in [0.1, 0.15) is 16.8 Å². The Morgan fingerprint density at radius 1 is 1.04 bits per heavy atom. The van der Waals surface area contributed by atoms with Gasteiger partial charge in [-0.2, -0.15) is 5.26 Å². The monoisotopic (exact) mass is 472 g/mol. The maximum atomic E-state index is 12.1. The molecule has 4 nitrogen and oxygen atoms in total. The van der Waals surface area contributed by atoms with E-state index in [0.717, 1.165) is 14.5 Å². The summed E-state index contributed by atoms with van der Waals surface area (Å²) in [7, 11) is 0. The van der Waals surface area contributed by atoms with Gasteiger partial charge in [-0.3, -0.25) is 4.79 Å². The molecule has 0 fully saturated rings. The standard InChI is InChI=1S/C20H14Br2N2O2/c1-12-8-16(18(10-23)20(25)24-12)17-9-15(22)6-7-19(17)26-11-13-2-4-14(21)5-3-13/h2-9H,11H2,1H3,(H,24,25). The van der Waals surface area contributed by atoms with Gasteiger partial charge in [0.25, 0.3) is 5.56 Å². The zero-order chi connectivity index (χ0) is 18.7. The van der Waals surface area contributed by atoms with Crippen molar-refractivity contribution in [2.45, 2.75) is 13.5 Å². The first-order valence-electron chi connectivity index (χ1n) is 7.79. The number of halogens is 2. The number of ether oxygens (including phenoxy) is 1. The first-order chi connectivity index (χ1) is 12.5. The molecule has 2 aromatic carbocycles. The molecule has 0 saturated heterocycles. The average Bonchev–Trinajstić information content (AvgIpc) is 2.61. The molecule has 130 valence electrons. The predicted molar refractivity (Wildman–Crippen MR) is 108 cm³/mol. The maximum Gasteiger partial charge on any atom is 0.266 e. The number of hydrogen-bond acceptors (Lipinski definition) is 3. The molecule has 0 atom stereocenters. The molecule has 0 bridgehead atoms. The van der Waals surface area contributed by atoms with Crippen molar-refractivity contribution >= 4 is 31.9 Å². The van der Waals surface area contributed by atoms with Gasteiger partial charge in [0.05, 0.1) is 0 Å². The number of pyridine rings is 1. The largest absolute Gasteiger partial charge is 0.488 e. The van der Waals surface area contributed by atoms with E-state index >= 15 is 0 Å². The van der Waals surface area contributed by atoms with Crippen molar-refractivity contribution in [2.24, 2.45) is 0 Å². The van der Waals surface area contributed by atoms with E-state index < -0.39 is 5.56 Å². The SMILES string of the molecule is Cc1cc(-c2cc(Br)ccc2OCc2ccc(Br)cc2)c(C#N)c(=O)[nH]1. The zero-order valence-electron chi connectivity index (χ0n) is 13.8. The lowest BCUT2D eigenvalue weighted by Gasteiger charge is -2.14. The Bertz CT molecular complexity index is 1050. The fourth-order valence-corrected chi connectivity index (χ4v) is 3.22. The van der Waals surface area contributed by atoms with Crippen molar-refractivity contribution in [3.8, 4) is 22.9 Å². The molecule has 0 amide bonds. The Morgan fingerprint density at radius 2 is 1.73 bits per heavy atom. The second-order valence-electron chi connectivity index (χ2n) is 5.74. The molecule has 1 N–H and O–H groups in total. The second kappa shape index (κ2) is 7.90. The van der Waals surface area contributed by atoms with Crippen molar-refractivity contribution in [3.63, 3.8) is 0 Å². The normalized spacial score (nSPS) is 10.4. The lowest BCUT2D eigenvalue weighted by atomic mass is 10.00. The van der Waals surface area contributed by atoms with Crippen LogP contribution in [0, 0.1) is 18.3 Å². The highest BCUT2D eigenvalue weighted by molar-refractivity contribution is 9.10. The van der Waals surface area contributed by atoms with Crippen LogP contribution in [0.5, 0.6) is 5.75 Å². The number of aromatic nitrogens is 1. The van der Waals surface area contributed by atoms with Gasteiger partial charge in [0.15, 0.2) is 0 Å². The number of H-pyrrole nitrogens is 1. The molecular formula is C20H14Br2N2O2. The van der Waals surface area contributed by atoms with Crippen LogP contribution in [0.4, 0.5) is 0 Å². The molecule has 0 saturated carbocycles. The average molecular weight is 474 g/mol. The van der Waals surface area contributed by atoms with E-state index in [4.69, 9.17) is 4.74 Å². The summed E-state index contributed by atoms with van der Waals surface area (Å²) in [6, 6.07) is 17.2. The molecule has 6 heteroatoms. The zero-order valence-corrected chi connectivity index (χ0v) is 17.0. The van der Waals surface area contributed by atoms with Crippen molar-refractivity contribution in [3.05, 3.63) is 84.7 Å². The number of nitrogens with zero attached hydrogens (tertiary/aromatic N) is 1. The summed E-state index contributed by atoms with van der Waals surface area (Å²) >= 11 is 6.86. The van der Waals surface area contributed by atoms with Crippen LogP contribution in [0.15, 0.2) is 62.3 Å². The summed E-state index contributed by atoms with van der Waals surface area (Å²) in [5, 5.41) is 9.42. The van der Waals surface area contributed by atoms with Crippen molar-refractivity contribution in [1.29, 1.82) is 5.26 Å². The van der Waals surface area contributed by atoms with Gasteiger partial charge in [0, 0.05) is 25.8 Å². The molecule has 26 heavy (non-hydrogen) atoms. The van der Waals surface area contributed by atoms with E-state index in [9.17, 15) is 10.1 Å². The van der Waals surface area contributed by atoms with Crippen LogP contribution < -0.4 is 10.3 Å². The third-order valence-corrected chi connectivity index (χ3v) is 4.84. The molecule has 1 heterocycles. The molecule has 0 aliphatic rings. The summed E-state index contributed by atoms with van der Waals surface area (Å²) in [6.07, 6.45) is 0. The van der Waals surface area contributed by atoms with Crippen LogP contribution in [-0.2, 0) is 6.61 Å². The van der Waals surface area contributed by atoms with Gasteiger partial charge in [0.1, 0.15) is 24.0 Å². The molecule has 0 radical (unpaired) electrons. The van der Waals surface area contributed by atoms with E-state index in [2.05, 4.69) is 36.8 Å². The van der Waals surface area contributed by atoms with Gasteiger partial charge in [-0.15, -0.1) is 0 Å². The molecule has 3 rings (SSSR count). The number of hydrogen-bond donors (Lipinski definition) is 1. The molecular weight excluding hydrogens is 460 g/mol. The lowest BCUT2D eigenvalue weighted by Crippen LogP contribution is -2.13. The highest BCUT2D eigenvalue weighted by atomic mass is 79.9. The van der Waals surface area contributed by atoms with Crippen LogP contribution in [0.2, 0.25) is 0 Å². The number of nitriles is 1. The highest BCUT2D eigenvalue weighted by Gasteiger charge is 2.15. The predicted octanol–water partition coefficient (Wildman–Crippen LogP) is 5.33. The summed E-state index contributed by atoms with van der Waals surface area (Å²) in [4.78, 5) is 14.8. The minimum Gasteiger partial charge on any atom is -0.488 e. The van der Waals surface area contributed by atoms with Gasteiger partial charge in [-0.25, -0.2) is 0 Å². The Labute approximate surface area is 167 Å². The third-order valence-electron chi connectivity index (χ3n) is 3.82. The minimum atomic E-state index is -0.402. The molecule has 0 spiro atoms. The number of nitrogens with one attached hydrogen (secondary N) is 1. The number of rotatable bonds is 4. The number of aromatic amines is 1. The molecule has 0 aliphatic heterocycles. The smallest absolute Gasteiger partial charge is 0.266 e. The number of benzene rings is 2. The van der Waals surface area contributed by atoms with Crippen molar-refractivity contribution in [2.75, 3.05) is 0 Å². The fraction of sp³-hybridized carbons (Fsp3) is 0.100. The minimum absolute atomic E-state index is 0.0715. The second-order valence-corrected chi connectivity index (χ2v) is 7.57. The molecule has 0 unspecified atom stereocenters. The Balaban J connectivity index is 2.03. The van der Waals surface area contributed by atoms with Crippen LogP contribution in [0.25, 0.3) is 11.1 Å². The van der Waals surface area contributed by atoms with Gasteiger partial charge >= 0.3 is 0 Å².